The quantitative estimate of drug-likeness (QED) is 0.569. The number of cyclic esters (lactones) is 1. The zero-order chi connectivity index (χ0) is 23.8. The van der Waals surface area contributed by atoms with Crippen LogP contribution in [0.15, 0.2) is 34.9 Å². The molecule has 5 aliphatic rings. The Morgan fingerprint density at radius 1 is 1.12 bits per heavy atom. The minimum Gasteiger partial charge on any atom is -0.458 e. The molecule has 0 radical (unpaired) electrons. The molecule has 0 aromatic heterocycles. The molecular weight excluding hydrogens is 412 g/mol. The molecule has 33 heavy (non-hydrogen) atoms. The zero-order valence-corrected chi connectivity index (χ0v) is 20.9. The number of carbonyl (C=O) groups is 2. The summed E-state index contributed by atoms with van der Waals surface area (Å²) < 4.78 is 5.88. The van der Waals surface area contributed by atoms with Gasteiger partial charge in [0, 0.05) is 11.8 Å². The number of aliphatic hydroxyl groups is 1. The fourth-order valence-corrected chi connectivity index (χ4v) is 9.04. The molecule has 4 nitrogen and oxygen atoms in total. The standard InChI is InChI=1S/C29H40O4/c1-17-14-25(33-26(32)21(17)16-30)18(2)22-8-9-23-24-7-6-19-15-20(31)10-11-28(19,4)29(24,5)13-12-27(22,23)3/h10-11,15,18,22-25,30H,6-9,12-14,16H2,1-5H3. The van der Waals surface area contributed by atoms with Gasteiger partial charge in [-0.2, -0.15) is 0 Å². The molecule has 0 amide bonds. The minimum absolute atomic E-state index is 0.0175. The summed E-state index contributed by atoms with van der Waals surface area (Å²) in [6.45, 7) is 11.4. The fraction of sp³-hybridized carbons (Fsp3) is 0.724. The van der Waals surface area contributed by atoms with Gasteiger partial charge in [-0.1, -0.05) is 44.9 Å². The van der Waals surface area contributed by atoms with E-state index >= 15 is 0 Å². The Balaban J connectivity index is 1.41. The number of aliphatic hydroxyl groups excluding tert-OH is 1. The van der Waals surface area contributed by atoms with Crippen molar-refractivity contribution in [2.45, 2.75) is 85.7 Å². The van der Waals surface area contributed by atoms with E-state index in [9.17, 15) is 14.7 Å². The lowest BCUT2D eigenvalue weighted by Crippen LogP contribution is -2.56. The molecule has 0 spiro atoms. The Morgan fingerprint density at radius 2 is 1.88 bits per heavy atom. The van der Waals surface area contributed by atoms with E-state index in [1.54, 1.807) is 6.08 Å². The van der Waals surface area contributed by atoms with Crippen LogP contribution in [0.1, 0.15) is 79.6 Å². The van der Waals surface area contributed by atoms with E-state index in [0.29, 0.717) is 29.2 Å². The molecule has 1 heterocycles. The lowest BCUT2D eigenvalue weighted by molar-refractivity contribution is -0.153. The van der Waals surface area contributed by atoms with Crippen LogP contribution >= 0.6 is 0 Å². The first-order chi connectivity index (χ1) is 15.5. The third kappa shape index (κ3) is 3.12. The van der Waals surface area contributed by atoms with Gasteiger partial charge in [-0.15, -0.1) is 0 Å². The Morgan fingerprint density at radius 3 is 2.58 bits per heavy atom. The van der Waals surface area contributed by atoms with E-state index in [1.165, 1.54) is 37.7 Å². The number of esters is 1. The van der Waals surface area contributed by atoms with Gasteiger partial charge in [-0.3, -0.25) is 4.79 Å². The first kappa shape index (κ1) is 23.1. The molecule has 4 aliphatic carbocycles. The Labute approximate surface area is 198 Å². The van der Waals surface area contributed by atoms with Crippen LogP contribution in [0.2, 0.25) is 0 Å². The van der Waals surface area contributed by atoms with Gasteiger partial charge in [0.15, 0.2) is 5.78 Å². The molecule has 3 saturated carbocycles. The summed E-state index contributed by atoms with van der Waals surface area (Å²) in [7, 11) is 0. The molecule has 3 fully saturated rings. The number of carbonyl (C=O) groups excluding carboxylic acids is 2. The summed E-state index contributed by atoms with van der Waals surface area (Å²) in [5.41, 5.74) is 3.20. The molecule has 5 rings (SSSR count). The Hall–Kier alpha value is -1.68. The molecule has 0 bridgehead atoms. The summed E-state index contributed by atoms with van der Waals surface area (Å²) in [5.74, 6) is 2.01. The van der Waals surface area contributed by atoms with Gasteiger partial charge in [0.25, 0.3) is 0 Å². The molecule has 8 atom stereocenters. The number of ketones is 1. The highest BCUT2D eigenvalue weighted by molar-refractivity contribution is 6.01. The highest BCUT2D eigenvalue weighted by atomic mass is 16.5. The Kier molecular flexibility index (Phi) is 5.36. The molecule has 0 saturated heterocycles. The van der Waals surface area contributed by atoms with E-state index in [0.717, 1.165) is 18.4 Å². The number of rotatable bonds is 3. The van der Waals surface area contributed by atoms with Crippen molar-refractivity contribution in [3.63, 3.8) is 0 Å². The SMILES string of the molecule is CC1=C(CO)C(=O)OC(C(C)C2CCC3C4CCC5=CC(=O)C=CC5(C)C4(C)CCC23C)C1. The van der Waals surface area contributed by atoms with E-state index in [-0.39, 0.29) is 40.7 Å². The minimum atomic E-state index is -0.327. The molecule has 0 aromatic rings. The predicted octanol–water partition coefficient (Wildman–Crippen LogP) is 5.56. The van der Waals surface area contributed by atoms with Crippen molar-refractivity contribution >= 4 is 11.8 Å². The van der Waals surface area contributed by atoms with E-state index in [1.807, 2.05) is 13.0 Å². The van der Waals surface area contributed by atoms with Crippen molar-refractivity contribution in [3.8, 4) is 0 Å². The van der Waals surface area contributed by atoms with Crippen molar-refractivity contribution in [2.75, 3.05) is 6.61 Å². The number of hydrogen-bond acceptors (Lipinski definition) is 4. The highest BCUT2D eigenvalue weighted by Crippen LogP contribution is 2.71. The van der Waals surface area contributed by atoms with Gasteiger partial charge in [-0.05, 0) is 92.1 Å². The largest absolute Gasteiger partial charge is 0.458 e. The predicted molar refractivity (Wildman–Crippen MR) is 128 cm³/mol. The maximum atomic E-state index is 12.5. The van der Waals surface area contributed by atoms with Gasteiger partial charge in [-0.25, -0.2) is 4.79 Å². The van der Waals surface area contributed by atoms with Crippen molar-refractivity contribution in [2.24, 2.45) is 39.9 Å². The van der Waals surface area contributed by atoms with E-state index in [2.05, 4.69) is 33.8 Å². The average Bonchev–Trinajstić information content (AvgIpc) is 3.11. The normalized spacial score (nSPS) is 45.7. The van der Waals surface area contributed by atoms with E-state index < -0.39 is 0 Å². The van der Waals surface area contributed by atoms with Crippen molar-refractivity contribution in [1.29, 1.82) is 0 Å². The van der Waals surface area contributed by atoms with Crippen LogP contribution in [-0.2, 0) is 14.3 Å². The highest BCUT2D eigenvalue weighted by Gasteiger charge is 2.64. The summed E-state index contributed by atoms with van der Waals surface area (Å²) in [6.07, 6.45) is 13.6. The molecule has 1 N–H and O–H groups in total. The second-order valence-electron chi connectivity index (χ2n) is 12.4. The average molecular weight is 453 g/mol. The monoisotopic (exact) mass is 452 g/mol. The van der Waals surface area contributed by atoms with Crippen LogP contribution in [0.4, 0.5) is 0 Å². The number of fused-ring (bicyclic) bond motifs is 5. The molecule has 8 unspecified atom stereocenters. The number of hydrogen-bond donors (Lipinski definition) is 1. The molecular formula is C29H40O4. The third-order valence-electron chi connectivity index (χ3n) is 11.4. The topological polar surface area (TPSA) is 63.6 Å². The molecule has 1 aliphatic heterocycles. The lowest BCUT2D eigenvalue weighted by atomic mass is 9.41. The van der Waals surface area contributed by atoms with Crippen LogP contribution in [0.5, 0.6) is 0 Å². The van der Waals surface area contributed by atoms with Gasteiger partial charge in [0.2, 0.25) is 0 Å². The lowest BCUT2D eigenvalue weighted by Gasteiger charge is -2.63. The first-order valence-electron chi connectivity index (χ1n) is 13.0. The van der Waals surface area contributed by atoms with Crippen LogP contribution in [0.3, 0.4) is 0 Å². The molecule has 180 valence electrons. The van der Waals surface area contributed by atoms with Crippen LogP contribution in [0.25, 0.3) is 0 Å². The maximum Gasteiger partial charge on any atom is 0.336 e. The summed E-state index contributed by atoms with van der Waals surface area (Å²) in [5, 5.41) is 9.53. The zero-order valence-electron chi connectivity index (χ0n) is 20.9. The number of allylic oxidation sites excluding steroid dienone is 4. The fourth-order valence-electron chi connectivity index (χ4n) is 9.04. The molecule has 0 aromatic carbocycles. The Bertz CT molecular complexity index is 972. The summed E-state index contributed by atoms with van der Waals surface area (Å²) in [6, 6.07) is 0. The molecule has 4 heteroatoms. The first-order valence-corrected chi connectivity index (χ1v) is 13.0. The maximum absolute atomic E-state index is 12.5. The third-order valence-corrected chi connectivity index (χ3v) is 11.4. The smallest absolute Gasteiger partial charge is 0.336 e. The second kappa shape index (κ2) is 7.66. The van der Waals surface area contributed by atoms with Gasteiger partial charge >= 0.3 is 5.97 Å². The summed E-state index contributed by atoms with van der Waals surface area (Å²) in [4.78, 5) is 24.6. The van der Waals surface area contributed by atoms with Crippen LogP contribution in [-0.4, -0.2) is 29.6 Å². The van der Waals surface area contributed by atoms with Crippen molar-refractivity contribution < 1.29 is 19.4 Å². The summed E-state index contributed by atoms with van der Waals surface area (Å²) >= 11 is 0. The van der Waals surface area contributed by atoms with Gasteiger partial charge in [0.1, 0.15) is 6.10 Å². The number of ether oxygens (including phenoxy) is 1. The van der Waals surface area contributed by atoms with Crippen LogP contribution in [0, 0.1) is 39.9 Å². The second-order valence-corrected chi connectivity index (χ2v) is 12.4. The van der Waals surface area contributed by atoms with Gasteiger partial charge < -0.3 is 9.84 Å². The van der Waals surface area contributed by atoms with Gasteiger partial charge in [0.05, 0.1) is 12.2 Å². The van der Waals surface area contributed by atoms with Crippen molar-refractivity contribution in [3.05, 3.63) is 34.9 Å². The van der Waals surface area contributed by atoms with Crippen LogP contribution < -0.4 is 0 Å². The van der Waals surface area contributed by atoms with E-state index in [4.69, 9.17) is 4.74 Å². The van der Waals surface area contributed by atoms with Crippen molar-refractivity contribution in [1.82, 2.24) is 0 Å².